The molecule has 2 atom stereocenters. The predicted molar refractivity (Wildman–Crippen MR) is 149 cm³/mol. The predicted octanol–water partition coefficient (Wildman–Crippen LogP) is 6.86. The zero-order valence-corrected chi connectivity index (χ0v) is 22.7. The molecule has 1 aliphatic carbocycles. The standard InChI is InChI=1S/C26H36N2O2S3/c1-6-17(2)24(26(4)13-14-26)27-22-15-20(8-7-18(22)3)25(30)28-23(16-29)19-9-11-21(12-10-19)33(5,31)32/h7-12,15,17,23,29,31-32H,6,13-14,16H2,1-5H3,(H,28,30)/b27-24+. The molecular formula is C26H36N2O2S3. The van der Waals surface area contributed by atoms with Gasteiger partial charge in [-0.25, -0.2) is 0 Å². The molecule has 2 aromatic rings. The van der Waals surface area contributed by atoms with Gasteiger partial charge in [-0.2, -0.15) is 0 Å². The van der Waals surface area contributed by atoms with E-state index in [1.165, 1.54) is 18.6 Å². The molecule has 2 aromatic carbocycles. The molecule has 1 fully saturated rings. The molecular weight excluding hydrogens is 468 g/mol. The maximum Gasteiger partial charge on any atom is 0.251 e. The van der Waals surface area contributed by atoms with Crippen LogP contribution in [-0.2, 0) is 0 Å². The second-order valence-electron chi connectivity index (χ2n) is 9.48. The van der Waals surface area contributed by atoms with Gasteiger partial charge >= 0.3 is 0 Å². The van der Waals surface area contributed by atoms with Crippen molar-refractivity contribution >= 4 is 48.7 Å². The molecule has 0 aliphatic heterocycles. The molecule has 180 valence electrons. The highest BCUT2D eigenvalue weighted by Crippen LogP contribution is 2.60. The highest BCUT2D eigenvalue weighted by molar-refractivity contribution is 9.17. The van der Waals surface area contributed by atoms with Crippen LogP contribution < -0.4 is 5.32 Å². The average Bonchev–Trinajstić information content (AvgIpc) is 3.53. The van der Waals surface area contributed by atoms with Crippen LogP contribution in [0, 0.1) is 18.3 Å². The normalized spacial score (nSPS) is 17.9. The summed E-state index contributed by atoms with van der Waals surface area (Å²) in [5.74, 6) is 0.186. The van der Waals surface area contributed by atoms with Crippen LogP contribution in [0.15, 0.2) is 52.4 Å². The third-order valence-electron chi connectivity index (χ3n) is 6.63. The van der Waals surface area contributed by atoms with Gasteiger partial charge in [-0.3, -0.25) is 9.79 Å². The summed E-state index contributed by atoms with van der Waals surface area (Å²) in [5.41, 5.74) is 4.70. The van der Waals surface area contributed by atoms with Crippen LogP contribution in [0.2, 0.25) is 0 Å². The Morgan fingerprint density at radius 2 is 1.85 bits per heavy atom. The summed E-state index contributed by atoms with van der Waals surface area (Å²) in [7, 11) is -1.42. The van der Waals surface area contributed by atoms with Gasteiger partial charge in [0.25, 0.3) is 5.91 Å². The molecule has 3 rings (SSSR count). The second-order valence-corrected chi connectivity index (χ2v) is 16.9. The number of nitrogens with one attached hydrogen (secondary N) is 1. The Labute approximate surface area is 209 Å². The van der Waals surface area contributed by atoms with Crippen molar-refractivity contribution in [1.29, 1.82) is 0 Å². The van der Waals surface area contributed by atoms with Gasteiger partial charge in [0.2, 0.25) is 0 Å². The zero-order chi connectivity index (χ0) is 24.4. The molecule has 1 saturated carbocycles. The number of thiol groups is 2. The van der Waals surface area contributed by atoms with Crippen molar-refractivity contribution in [1.82, 2.24) is 5.32 Å². The molecule has 2 N–H and O–H groups in total. The van der Waals surface area contributed by atoms with Crippen LogP contribution in [0.5, 0.6) is 0 Å². The quantitative estimate of drug-likeness (QED) is 0.171. The third-order valence-corrected chi connectivity index (χ3v) is 9.06. The summed E-state index contributed by atoms with van der Waals surface area (Å²) in [5, 5.41) is 12.9. The molecule has 2 unspecified atom stereocenters. The van der Waals surface area contributed by atoms with Crippen LogP contribution >= 0.6 is 31.4 Å². The van der Waals surface area contributed by atoms with Crippen LogP contribution in [0.1, 0.15) is 67.6 Å². The van der Waals surface area contributed by atoms with Gasteiger partial charge in [0.1, 0.15) is 0 Å². The first-order chi connectivity index (χ1) is 15.5. The summed E-state index contributed by atoms with van der Waals surface area (Å²) in [4.78, 5) is 19.2. The van der Waals surface area contributed by atoms with E-state index in [0.29, 0.717) is 11.5 Å². The number of aryl methyl sites for hydroxylation is 1. The fraction of sp³-hybridized carbons (Fsp3) is 0.462. The van der Waals surface area contributed by atoms with E-state index in [1.54, 1.807) is 0 Å². The van der Waals surface area contributed by atoms with Crippen molar-refractivity contribution in [2.45, 2.75) is 57.9 Å². The summed E-state index contributed by atoms with van der Waals surface area (Å²) in [6, 6.07) is 12.9. The summed E-state index contributed by atoms with van der Waals surface area (Å²) in [6.07, 6.45) is 5.37. The molecule has 0 radical (unpaired) electrons. The first kappa shape index (κ1) is 26.2. The number of aliphatic hydroxyl groups excluding tert-OH is 1. The number of carbonyl (C=O) groups is 1. The van der Waals surface area contributed by atoms with E-state index in [9.17, 15) is 9.90 Å². The lowest BCUT2D eigenvalue weighted by atomic mass is 9.89. The Hall–Kier alpha value is -1.41. The van der Waals surface area contributed by atoms with E-state index in [-0.39, 0.29) is 17.9 Å². The lowest BCUT2D eigenvalue weighted by molar-refractivity contribution is 0.0916. The Kier molecular flexibility index (Phi) is 8.31. The van der Waals surface area contributed by atoms with E-state index in [0.717, 1.165) is 28.1 Å². The van der Waals surface area contributed by atoms with Crippen molar-refractivity contribution < 1.29 is 9.90 Å². The monoisotopic (exact) mass is 504 g/mol. The summed E-state index contributed by atoms with van der Waals surface area (Å²) < 4.78 is 0. The van der Waals surface area contributed by atoms with Gasteiger partial charge in [0.15, 0.2) is 0 Å². The van der Waals surface area contributed by atoms with E-state index >= 15 is 0 Å². The van der Waals surface area contributed by atoms with Crippen LogP contribution in [-0.4, -0.2) is 29.6 Å². The number of aliphatic hydroxyl groups is 1. The molecule has 0 saturated heterocycles. The lowest BCUT2D eigenvalue weighted by Crippen LogP contribution is -2.30. The maximum absolute atomic E-state index is 13.1. The minimum Gasteiger partial charge on any atom is -0.394 e. The number of hydrogen-bond acceptors (Lipinski definition) is 5. The summed E-state index contributed by atoms with van der Waals surface area (Å²) >= 11 is 9.11. The highest BCUT2D eigenvalue weighted by Gasteiger charge is 2.43. The fourth-order valence-corrected chi connectivity index (χ4v) is 5.29. The number of aliphatic imine (C=N–C) groups is 1. The number of benzene rings is 2. The molecule has 7 heteroatoms. The molecule has 1 amide bonds. The highest BCUT2D eigenvalue weighted by atomic mass is 33.5. The van der Waals surface area contributed by atoms with Gasteiger partial charge in [-0.05, 0) is 73.8 Å². The van der Waals surface area contributed by atoms with Crippen LogP contribution in [0.3, 0.4) is 0 Å². The Bertz CT molecular complexity index is 1020. The van der Waals surface area contributed by atoms with Crippen LogP contribution in [0.4, 0.5) is 5.69 Å². The largest absolute Gasteiger partial charge is 0.394 e. The Balaban J connectivity index is 1.83. The number of rotatable bonds is 9. The maximum atomic E-state index is 13.1. The molecule has 0 bridgehead atoms. The van der Waals surface area contributed by atoms with Crippen molar-refractivity contribution in [3.05, 3.63) is 59.2 Å². The molecule has 0 spiro atoms. The van der Waals surface area contributed by atoms with Crippen molar-refractivity contribution in [3.8, 4) is 0 Å². The zero-order valence-electron chi connectivity index (χ0n) is 20.1. The molecule has 0 aromatic heterocycles. The van der Waals surface area contributed by atoms with Gasteiger partial charge in [0.05, 0.1) is 18.3 Å². The smallest absolute Gasteiger partial charge is 0.251 e. The first-order valence-corrected chi connectivity index (χ1v) is 15.6. The van der Waals surface area contributed by atoms with Crippen molar-refractivity contribution in [2.24, 2.45) is 16.3 Å². The van der Waals surface area contributed by atoms with Crippen molar-refractivity contribution in [2.75, 3.05) is 12.9 Å². The number of carbonyl (C=O) groups excluding carboxylic acids is 1. The number of nitrogens with zero attached hydrogens (tertiary/aromatic N) is 1. The SMILES string of the molecule is CCC(C)/C(=N\c1cc(C(=O)NC(CO)c2ccc(S(C)(S)S)cc2)ccc1C)C1(C)CC1. The number of amides is 1. The lowest BCUT2D eigenvalue weighted by Gasteiger charge is -2.24. The van der Waals surface area contributed by atoms with Gasteiger partial charge < -0.3 is 10.4 Å². The minimum absolute atomic E-state index is 0.187. The van der Waals surface area contributed by atoms with E-state index in [4.69, 9.17) is 4.99 Å². The van der Waals surface area contributed by atoms with E-state index in [2.05, 4.69) is 49.4 Å². The first-order valence-electron chi connectivity index (χ1n) is 11.4. The molecule has 1 aliphatic rings. The second kappa shape index (κ2) is 10.5. The summed E-state index contributed by atoms with van der Waals surface area (Å²) in [6.45, 7) is 8.55. The Morgan fingerprint density at radius 3 is 2.36 bits per heavy atom. The van der Waals surface area contributed by atoms with Gasteiger partial charge in [-0.15, -0.1) is 31.4 Å². The van der Waals surface area contributed by atoms with E-state index < -0.39 is 14.1 Å². The van der Waals surface area contributed by atoms with Gasteiger partial charge in [0, 0.05) is 21.6 Å². The average molecular weight is 505 g/mol. The topological polar surface area (TPSA) is 61.7 Å². The van der Waals surface area contributed by atoms with Crippen molar-refractivity contribution in [3.63, 3.8) is 0 Å². The fourth-order valence-electron chi connectivity index (χ4n) is 3.91. The minimum atomic E-state index is -1.42. The van der Waals surface area contributed by atoms with Crippen LogP contribution in [0.25, 0.3) is 0 Å². The Morgan fingerprint density at radius 1 is 1.21 bits per heavy atom. The molecule has 33 heavy (non-hydrogen) atoms. The molecule has 0 heterocycles. The molecule has 4 nitrogen and oxygen atoms in total. The van der Waals surface area contributed by atoms with E-state index in [1.807, 2.05) is 55.6 Å². The third kappa shape index (κ3) is 6.38. The number of hydrogen-bond donors (Lipinski definition) is 4. The van der Waals surface area contributed by atoms with Gasteiger partial charge in [-0.1, -0.05) is 39.0 Å².